The zero-order chi connectivity index (χ0) is 16.9. The zero-order valence-corrected chi connectivity index (χ0v) is 14.1. The van der Waals surface area contributed by atoms with Crippen molar-refractivity contribution in [3.8, 4) is 0 Å². The molecule has 6 heteroatoms. The number of amides is 1. The first-order valence-corrected chi connectivity index (χ1v) is 7.73. The van der Waals surface area contributed by atoms with Crippen molar-refractivity contribution in [2.75, 3.05) is 7.11 Å². The lowest BCUT2D eigenvalue weighted by atomic mass is 9.82. The van der Waals surface area contributed by atoms with Crippen LogP contribution in [0.1, 0.15) is 40.5 Å². The van der Waals surface area contributed by atoms with Crippen molar-refractivity contribution in [2.45, 2.75) is 64.3 Å². The highest BCUT2D eigenvalue weighted by Gasteiger charge is 2.47. The second-order valence-electron chi connectivity index (χ2n) is 6.06. The van der Waals surface area contributed by atoms with Crippen molar-refractivity contribution in [3.05, 3.63) is 12.2 Å². The Bertz CT molecular complexity index is 432. The van der Waals surface area contributed by atoms with E-state index in [9.17, 15) is 14.7 Å². The molecular formula is C16H28N2O4. The molecule has 0 aromatic heterocycles. The number of rotatable bonds is 7. The van der Waals surface area contributed by atoms with Crippen molar-refractivity contribution in [2.24, 2.45) is 5.92 Å². The van der Waals surface area contributed by atoms with E-state index in [1.807, 2.05) is 32.9 Å². The summed E-state index contributed by atoms with van der Waals surface area (Å²) in [7, 11) is 1.62. The van der Waals surface area contributed by atoms with E-state index >= 15 is 0 Å². The summed E-state index contributed by atoms with van der Waals surface area (Å²) < 4.78 is 5.66. The number of methoxy groups -OCH3 is 1. The van der Waals surface area contributed by atoms with Gasteiger partial charge in [-0.2, -0.15) is 0 Å². The number of carboxylic acid groups (broad SMARTS) is 1. The summed E-state index contributed by atoms with van der Waals surface area (Å²) >= 11 is 0. The zero-order valence-electron chi connectivity index (χ0n) is 14.1. The molecule has 1 fully saturated rings. The summed E-state index contributed by atoms with van der Waals surface area (Å²) in [6.07, 6.45) is 5.13. The number of carbonyl (C=O) groups excluding carboxylic acids is 1. The molecule has 1 rings (SSSR count). The van der Waals surface area contributed by atoms with E-state index in [-0.39, 0.29) is 23.9 Å². The Morgan fingerprint density at radius 2 is 2.18 bits per heavy atom. The first-order chi connectivity index (χ1) is 10.3. The average Bonchev–Trinajstić information content (AvgIpc) is 2.88. The molecule has 0 saturated carbocycles. The summed E-state index contributed by atoms with van der Waals surface area (Å²) in [5, 5.41) is 15.4. The van der Waals surface area contributed by atoms with Crippen LogP contribution in [0.2, 0.25) is 0 Å². The predicted molar refractivity (Wildman–Crippen MR) is 84.6 cm³/mol. The maximum atomic E-state index is 11.6. The summed E-state index contributed by atoms with van der Waals surface area (Å²) in [4.78, 5) is 23.0. The molecule has 0 bridgehead atoms. The van der Waals surface area contributed by atoms with Crippen molar-refractivity contribution in [3.63, 3.8) is 0 Å². The van der Waals surface area contributed by atoms with E-state index in [0.717, 1.165) is 0 Å². The molecule has 1 aliphatic heterocycles. The second kappa shape index (κ2) is 7.74. The molecular weight excluding hydrogens is 284 g/mol. The van der Waals surface area contributed by atoms with Gasteiger partial charge in [0, 0.05) is 20.1 Å². The molecule has 1 amide bonds. The minimum Gasteiger partial charge on any atom is -0.480 e. The van der Waals surface area contributed by atoms with Gasteiger partial charge in [0.1, 0.15) is 6.04 Å². The third kappa shape index (κ3) is 4.08. The largest absolute Gasteiger partial charge is 0.480 e. The fourth-order valence-corrected chi connectivity index (χ4v) is 3.14. The van der Waals surface area contributed by atoms with Crippen LogP contribution < -0.4 is 10.6 Å². The molecule has 0 unspecified atom stereocenters. The van der Waals surface area contributed by atoms with Crippen molar-refractivity contribution in [1.29, 1.82) is 0 Å². The van der Waals surface area contributed by atoms with Crippen LogP contribution in [0.3, 0.4) is 0 Å². The minimum absolute atomic E-state index is 0.0315. The van der Waals surface area contributed by atoms with Crippen molar-refractivity contribution < 1.29 is 19.4 Å². The molecule has 3 N–H and O–H groups in total. The summed E-state index contributed by atoms with van der Waals surface area (Å²) in [6, 6.07) is -1.11. The molecule has 6 nitrogen and oxygen atoms in total. The Balaban J connectivity index is 3.14. The average molecular weight is 312 g/mol. The maximum Gasteiger partial charge on any atom is 0.320 e. The molecule has 5 atom stereocenters. The standard InChI is InChI=1S/C16H28N2O4/c1-6-8-11-9-12(15(20)21)18-13(11)14(17-10(3)19)16(4,7-2)22-5/h6,8,11-14,18H,7,9H2,1-5H3,(H,17,19)(H,20,21)/b8-6-/t11-,12-,13-,14-,16-/m1/s1. The van der Waals surface area contributed by atoms with Crippen molar-refractivity contribution >= 4 is 11.9 Å². The first-order valence-electron chi connectivity index (χ1n) is 7.73. The Morgan fingerprint density at radius 3 is 2.59 bits per heavy atom. The fraction of sp³-hybridized carbons (Fsp3) is 0.750. The van der Waals surface area contributed by atoms with E-state index in [1.54, 1.807) is 7.11 Å². The van der Waals surface area contributed by atoms with Gasteiger partial charge in [-0.05, 0) is 32.6 Å². The Hall–Kier alpha value is -1.40. The Kier molecular flexibility index (Phi) is 6.56. The maximum absolute atomic E-state index is 11.6. The topological polar surface area (TPSA) is 87.7 Å². The number of carbonyl (C=O) groups is 2. The molecule has 0 aliphatic carbocycles. The van der Waals surface area contributed by atoms with Crippen LogP contribution in [-0.4, -0.2) is 47.8 Å². The van der Waals surface area contributed by atoms with E-state index in [2.05, 4.69) is 10.6 Å². The van der Waals surface area contributed by atoms with Crippen LogP contribution in [0.4, 0.5) is 0 Å². The van der Waals surface area contributed by atoms with Crippen LogP contribution in [0.25, 0.3) is 0 Å². The molecule has 1 aliphatic rings. The Morgan fingerprint density at radius 1 is 1.55 bits per heavy atom. The number of nitrogens with one attached hydrogen (secondary N) is 2. The third-order valence-electron chi connectivity index (χ3n) is 4.64. The first kappa shape index (κ1) is 18.6. The number of hydrogen-bond donors (Lipinski definition) is 3. The molecule has 1 heterocycles. The minimum atomic E-state index is -0.866. The van der Waals surface area contributed by atoms with Gasteiger partial charge in [0.2, 0.25) is 5.91 Å². The lowest BCUT2D eigenvalue weighted by Gasteiger charge is -2.41. The van der Waals surface area contributed by atoms with Gasteiger partial charge in [-0.15, -0.1) is 0 Å². The Labute approximate surface area is 132 Å². The van der Waals surface area contributed by atoms with Gasteiger partial charge in [-0.3, -0.25) is 14.9 Å². The smallest absolute Gasteiger partial charge is 0.320 e. The van der Waals surface area contributed by atoms with Crippen LogP contribution in [0.5, 0.6) is 0 Å². The molecule has 1 saturated heterocycles. The summed E-state index contributed by atoms with van der Waals surface area (Å²) in [5.74, 6) is -0.986. The molecule has 0 aromatic rings. The van der Waals surface area contributed by atoms with E-state index in [0.29, 0.717) is 12.8 Å². The summed E-state index contributed by atoms with van der Waals surface area (Å²) in [5.41, 5.74) is -0.573. The van der Waals surface area contributed by atoms with Gasteiger partial charge in [0.15, 0.2) is 0 Å². The molecule has 0 aromatic carbocycles. The highest BCUT2D eigenvalue weighted by Crippen LogP contribution is 2.31. The number of aliphatic carboxylic acids is 1. The normalized spacial score (nSPS) is 29.2. The van der Waals surface area contributed by atoms with Crippen LogP contribution in [0, 0.1) is 5.92 Å². The number of carboxylic acids is 1. The molecule has 126 valence electrons. The van der Waals surface area contributed by atoms with Gasteiger partial charge < -0.3 is 15.2 Å². The monoisotopic (exact) mass is 312 g/mol. The van der Waals surface area contributed by atoms with Gasteiger partial charge in [-0.25, -0.2) is 0 Å². The van der Waals surface area contributed by atoms with E-state index in [4.69, 9.17) is 4.74 Å². The number of ether oxygens (including phenoxy) is 1. The highest BCUT2D eigenvalue weighted by atomic mass is 16.5. The number of hydrogen-bond acceptors (Lipinski definition) is 4. The van der Waals surface area contributed by atoms with Crippen LogP contribution >= 0.6 is 0 Å². The number of allylic oxidation sites excluding steroid dienone is 1. The van der Waals surface area contributed by atoms with Gasteiger partial charge in [0.05, 0.1) is 11.6 Å². The van der Waals surface area contributed by atoms with Gasteiger partial charge in [0.25, 0.3) is 0 Å². The quantitative estimate of drug-likeness (QED) is 0.617. The van der Waals surface area contributed by atoms with Crippen molar-refractivity contribution in [1.82, 2.24) is 10.6 Å². The lowest BCUT2D eigenvalue weighted by Crippen LogP contribution is -2.62. The van der Waals surface area contributed by atoms with Crippen LogP contribution in [0.15, 0.2) is 12.2 Å². The fourth-order valence-electron chi connectivity index (χ4n) is 3.14. The second-order valence-corrected chi connectivity index (χ2v) is 6.06. The van der Waals surface area contributed by atoms with Gasteiger partial charge >= 0.3 is 5.97 Å². The third-order valence-corrected chi connectivity index (χ3v) is 4.64. The SMILES string of the molecule is C/C=C\[C@@H]1C[C@H](C(=O)O)N[C@H]1[C@@H](NC(C)=O)[C@@](C)(CC)OC. The highest BCUT2D eigenvalue weighted by molar-refractivity contribution is 5.75. The molecule has 0 spiro atoms. The van der Waals surface area contributed by atoms with Crippen LogP contribution in [-0.2, 0) is 14.3 Å². The predicted octanol–water partition coefficient (Wildman–Crippen LogP) is 1.31. The van der Waals surface area contributed by atoms with E-state index in [1.165, 1.54) is 6.92 Å². The summed E-state index contributed by atoms with van der Waals surface area (Å²) in [6.45, 7) is 7.31. The molecule has 0 radical (unpaired) electrons. The van der Waals surface area contributed by atoms with Gasteiger partial charge in [-0.1, -0.05) is 19.1 Å². The molecule has 22 heavy (non-hydrogen) atoms. The van der Waals surface area contributed by atoms with E-state index < -0.39 is 17.6 Å². The lowest BCUT2D eigenvalue weighted by molar-refractivity contribution is -0.139.